The van der Waals surface area contributed by atoms with Gasteiger partial charge < -0.3 is 44.5 Å². The van der Waals surface area contributed by atoms with Gasteiger partial charge in [0, 0.05) is 11.3 Å². The summed E-state index contributed by atoms with van der Waals surface area (Å²) in [4.78, 5) is 0. The van der Waals surface area contributed by atoms with Crippen LogP contribution in [0.2, 0.25) is 0 Å². The molecule has 5 aliphatic carbocycles. The summed E-state index contributed by atoms with van der Waals surface area (Å²) in [6, 6.07) is 0. The van der Waals surface area contributed by atoms with Gasteiger partial charge in [-0.15, -0.1) is 0 Å². The van der Waals surface area contributed by atoms with Crippen LogP contribution in [-0.2, 0) is 18.9 Å². The molecule has 3 spiro atoms. The van der Waals surface area contributed by atoms with E-state index in [0.717, 1.165) is 44.9 Å². The summed E-state index contributed by atoms with van der Waals surface area (Å²) in [6.07, 6.45) is 2.00. The van der Waals surface area contributed by atoms with Crippen molar-refractivity contribution in [2.75, 3.05) is 6.61 Å². The molecular formula is C35H56O9. The van der Waals surface area contributed by atoms with E-state index >= 15 is 0 Å². The molecule has 3 saturated heterocycles. The van der Waals surface area contributed by atoms with Crippen molar-refractivity contribution in [1.29, 1.82) is 0 Å². The third-order valence-electron chi connectivity index (χ3n) is 15.9. The van der Waals surface area contributed by atoms with Crippen molar-refractivity contribution in [3.63, 3.8) is 0 Å². The van der Waals surface area contributed by atoms with Crippen LogP contribution in [0.1, 0.15) is 99.8 Å². The molecular weight excluding hydrogens is 564 g/mol. The Kier molecular flexibility index (Phi) is 6.33. The second kappa shape index (κ2) is 9.00. The van der Waals surface area contributed by atoms with E-state index in [9.17, 15) is 25.5 Å². The molecule has 2 bridgehead atoms. The van der Waals surface area contributed by atoms with Crippen LogP contribution in [0.15, 0.2) is 0 Å². The highest BCUT2D eigenvalue weighted by molar-refractivity contribution is 5.34. The highest BCUT2D eigenvalue weighted by atomic mass is 16.8. The number of hydrogen-bond donors (Lipinski definition) is 5. The fourth-order valence-corrected chi connectivity index (χ4v) is 14.0. The maximum atomic E-state index is 12.7. The van der Waals surface area contributed by atoms with Gasteiger partial charge >= 0.3 is 0 Å². The Labute approximate surface area is 262 Å². The lowest BCUT2D eigenvalue weighted by Crippen LogP contribution is -2.61. The average molecular weight is 621 g/mol. The molecule has 0 aromatic carbocycles. The van der Waals surface area contributed by atoms with E-state index in [1.807, 2.05) is 0 Å². The van der Waals surface area contributed by atoms with Crippen molar-refractivity contribution in [2.45, 2.75) is 160 Å². The summed E-state index contributed by atoms with van der Waals surface area (Å²) in [5.41, 5.74) is -1.39. The van der Waals surface area contributed by atoms with E-state index in [-0.39, 0.29) is 51.8 Å². The Balaban J connectivity index is 1.10. The largest absolute Gasteiger partial charge is 0.388 e. The zero-order chi connectivity index (χ0) is 31.6. The topological polar surface area (TPSA) is 138 Å². The molecule has 0 aromatic heterocycles. The molecule has 17 atom stereocenters. The van der Waals surface area contributed by atoms with Gasteiger partial charge in [-0.1, -0.05) is 34.6 Å². The first-order valence-corrected chi connectivity index (χ1v) is 17.5. The summed E-state index contributed by atoms with van der Waals surface area (Å²) in [5.74, 6) is 0.108. The Morgan fingerprint density at radius 2 is 1.52 bits per heavy atom. The van der Waals surface area contributed by atoms with Crippen LogP contribution >= 0.6 is 0 Å². The van der Waals surface area contributed by atoms with Crippen molar-refractivity contribution < 1.29 is 44.5 Å². The van der Waals surface area contributed by atoms with Crippen LogP contribution in [0.3, 0.4) is 0 Å². The molecule has 0 unspecified atom stereocenters. The maximum absolute atomic E-state index is 12.7. The number of hydrogen-bond acceptors (Lipinski definition) is 9. The second-order valence-corrected chi connectivity index (χ2v) is 18.3. The molecule has 5 saturated carbocycles. The van der Waals surface area contributed by atoms with Gasteiger partial charge in [0.25, 0.3) is 0 Å². The van der Waals surface area contributed by atoms with Crippen molar-refractivity contribution in [3.8, 4) is 0 Å². The van der Waals surface area contributed by atoms with Gasteiger partial charge in [-0.3, -0.25) is 0 Å². The number of aliphatic hydroxyl groups is 5. The molecule has 44 heavy (non-hydrogen) atoms. The normalized spacial score (nSPS) is 62.2. The van der Waals surface area contributed by atoms with Crippen LogP contribution in [-0.4, -0.2) is 92.5 Å². The SMILES string of the molecule is C[C@@H]1C[C@H]2O[C@@]3(O[C@@H]2C(C)(C)O)[C@H](O)[C@@]2(C)[C@@H]4CC[C@H]5C(C)(C)[C@@H](O[C@H]6OC[C@H](O)[C@@H](O)[C@@H]6O)CC[C@@]56C[C@@]46CC[C@]2(C)[C@@H]13. The zero-order valence-electron chi connectivity index (χ0n) is 27.7. The molecule has 8 fully saturated rings. The first-order chi connectivity index (χ1) is 20.4. The van der Waals surface area contributed by atoms with Gasteiger partial charge in [0.15, 0.2) is 12.1 Å². The predicted octanol–water partition coefficient (Wildman–Crippen LogP) is 3.12. The molecule has 8 aliphatic rings. The first kappa shape index (κ1) is 30.9. The summed E-state index contributed by atoms with van der Waals surface area (Å²) < 4.78 is 25.8. The highest BCUT2D eigenvalue weighted by Crippen LogP contribution is 2.90. The van der Waals surface area contributed by atoms with Crippen LogP contribution in [0.25, 0.3) is 0 Å². The summed E-state index contributed by atoms with van der Waals surface area (Å²) in [6.45, 7) is 15.2. The standard InChI is InChI=1S/C35H56O9/c1-17-14-19-26(30(4,5)40)44-35(43-19)25(17)31(6)12-13-34-16-33(34)11-10-22(42-27-24(38)23(37)18(36)15-41-27)29(2,3)20(33)8-9-21(34)32(31,7)28(35)39/h17-28,36-40H,8-16H2,1-7H3/t17-,18+,19-,20+,21+,22+,23-,24+,25-,26+,27-,28-,31-,32-,33-,34+,35+/m1/s1. The van der Waals surface area contributed by atoms with Crippen LogP contribution in [0.5, 0.6) is 0 Å². The van der Waals surface area contributed by atoms with Gasteiger partial charge in [0.05, 0.1) is 24.4 Å². The predicted molar refractivity (Wildman–Crippen MR) is 159 cm³/mol. The molecule has 0 amide bonds. The molecule has 250 valence electrons. The monoisotopic (exact) mass is 620 g/mol. The third kappa shape index (κ3) is 3.38. The first-order valence-electron chi connectivity index (χ1n) is 17.5. The summed E-state index contributed by atoms with van der Waals surface area (Å²) in [5, 5.41) is 54.5. The van der Waals surface area contributed by atoms with Crippen LogP contribution in [0.4, 0.5) is 0 Å². The number of ether oxygens (including phenoxy) is 4. The summed E-state index contributed by atoms with van der Waals surface area (Å²) >= 11 is 0. The van der Waals surface area contributed by atoms with E-state index < -0.39 is 48.2 Å². The van der Waals surface area contributed by atoms with Crippen LogP contribution in [0, 0.1) is 50.7 Å². The highest BCUT2D eigenvalue weighted by Gasteiger charge is 2.88. The fourth-order valence-electron chi connectivity index (χ4n) is 14.0. The minimum atomic E-state index is -1.28. The second-order valence-electron chi connectivity index (χ2n) is 18.3. The molecule has 0 radical (unpaired) electrons. The minimum Gasteiger partial charge on any atom is -0.388 e. The zero-order valence-corrected chi connectivity index (χ0v) is 27.7. The van der Waals surface area contributed by atoms with Gasteiger partial charge in [-0.2, -0.15) is 0 Å². The summed E-state index contributed by atoms with van der Waals surface area (Å²) in [7, 11) is 0. The van der Waals surface area contributed by atoms with Crippen molar-refractivity contribution in [1.82, 2.24) is 0 Å². The average Bonchev–Trinajstić information content (AvgIpc) is 3.45. The third-order valence-corrected chi connectivity index (χ3v) is 15.9. The van der Waals surface area contributed by atoms with E-state index in [4.69, 9.17) is 18.9 Å². The molecule has 0 aromatic rings. The van der Waals surface area contributed by atoms with Crippen LogP contribution < -0.4 is 0 Å². The van der Waals surface area contributed by atoms with Gasteiger partial charge in [0.2, 0.25) is 0 Å². The molecule has 3 aliphatic heterocycles. The lowest BCUT2D eigenvalue weighted by molar-refractivity contribution is -0.303. The molecule has 5 N–H and O–H groups in total. The molecule has 9 nitrogen and oxygen atoms in total. The van der Waals surface area contributed by atoms with E-state index in [0.29, 0.717) is 17.8 Å². The Bertz CT molecular complexity index is 1200. The smallest absolute Gasteiger partial charge is 0.199 e. The van der Waals surface area contributed by atoms with Crippen molar-refractivity contribution >= 4 is 0 Å². The fraction of sp³-hybridized carbons (Fsp3) is 1.00. The number of aliphatic hydroxyl groups excluding tert-OH is 4. The maximum Gasteiger partial charge on any atom is 0.199 e. The Morgan fingerprint density at radius 3 is 2.23 bits per heavy atom. The number of rotatable bonds is 3. The number of fused-ring (bicyclic) bond motifs is 4. The van der Waals surface area contributed by atoms with Gasteiger partial charge in [-0.05, 0) is 105 Å². The lowest BCUT2D eigenvalue weighted by atomic mass is 9.41. The van der Waals surface area contributed by atoms with E-state index in [1.165, 1.54) is 6.42 Å². The van der Waals surface area contributed by atoms with Crippen molar-refractivity contribution in [3.05, 3.63) is 0 Å². The molecule has 9 heteroatoms. The minimum absolute atomic E-state index is 0.0559. The van der Waals surface area contributed by atoms with Crippen molar-refractivity contribution in [2.24, 2.45) is 50.7 Å². The van der Waals surface area contributed by atoms with E-state index in [2.05, 4.69) is 34.6 Å². The molecule has 3 heterocycles. The van der Waals surface area contributed by atoms with E-state index in [1.54, 1.807) is 13.8 Å². The molecule has 8 rings (SSSR count). The van der Waals surface area contributed by atoms with Gasteiger partial charge in [-0.25, -0.2) is 0 Å². The Morgan fingerprint density at radius 1 is 0.841 bits per heavy atom. The lowest BCUT2D eigenvalue weighted by Gasteiger charge is -2.63. The Hall–Kier alpha value is -0.360. The van der Waals surface area contributed by atoms with Gasteiger partial charge in [0.1, 0.15) is 30.5 Å². The quantitative estimate of drug-likeness (QED) is 0.301.